The van der Waals surface area contributed by atoms with Gasteiger partial charge in [-0.1, -0.05) is 6.07 Å². The number of amides is 2. The van der Waals surface area contributed by atoms with E-state index >= 15 is 0 Å². The molecule has 2 amide bonds. The van der Waals surface area contributed by atoms with Gasteiger partial charge in [-0.2, -0.15) is 11.8 Å². The second-order valence-corrected chi connectivity index (χ2v) is 7.36. The number of nitrogens with two attached hydrogens (primary N) is 1. The highest BCUT2D eigenvalue weighted by Gasteiger charge is 2.30. The maximum Gasteiger partial charge on any atom is 0.256 e. The van der Waals surface area contributed by atoms with Crippen molar-refractivity contribution in [2.45, 2.75) is 12.6 Å². The highest BCUT2D eigenvalue weighted by Crippen LogP contribution is 2.28. The van der Waals surface area contributed by atoms with Crippen LogP contribution in [0.3, 0.4) is 0 Å². The summed E-state index contributed by atoms with van der Waals surface area (Å²) in [5.74, 6) is 0.353. The summed E-state index contributed by atoms with van der Waals surface area (Å²) in [6.07, 6.45) is 1.53. The molecule has 0 spiro atoms. The molecule has 9 heteroatoms. The van der Waals surface area contributed by atoms with Crippen molar-refractivity contribution in [1.82, 2.24) is 9.88 Å². The number of hydrogen-bond donors (Lipinski definition) is 3. The van der Waals surface area contributed by atoms with Crippen molar-refractivity contribution in [3.05, 3.63) is 53.3 Å². The molecule has 28 heavy (non-hydrogen) atoms. The molecule has 1 aromatic carbocycles. The van der Waals surface area contributed by atoms with Crippen LogP contribution in [0.2, 0.25) is 0 Å². The lowest BCUT2D eigenvalue weighted by Gasteiger charge is -2.35. The molecule has 0 bridgehead atoms. The van der Waals surface area contributed by atoms with E-state index in [1.165, 1.54) is 12.3 Å². The maximum absolute atomic E-state index is 13.0. The van der Waals surface area contributed by atoms with Gasteiger partial charge >= 0.3 is 0 Å². The van der Waals surface area contributed by atoms with Gasteiger partial charge in [0.15, 0.2) is 0 Å². The number of pyridine rings is 1. The predicted molar refractivity (Wildman–Crippen MR) is 104 cm³/mol. The normalized spacial score (nSPS) is 16.6. The summed E-state index contributed by atoms with van der Waals surface area (Å²) in [7, 11) is 0. The zero-order valence-electron chi connectivity index (χ0n) is 15.1. The molecule has 0 unspecified atom stereocenters. The van der Waals surface area contributed by atoms with Crippen LogP contribution in [0.15, 0.2) is 36.5 Å². The minimum Gasteiger partial charge on any atom is -0.507 e. The molecular formula is C19H21N3O5S. The van der Waals surface area contributed by atoms with Crippen molar-refractivity contribution < 1.29 is 24.5 Å². The largest absolute Gasteiger partial charge is 0.507 e. The average molecular weight is 403 g/mol. The fraction of sp³-hybridized carbons (Fsp3) is 0.316. The van der Waals surface area contributed by atoms with E-state index in [2.05, 4.69) is 4.98 Å². The summed E-state index contributed by atoms with van der Waals surface area (Å²) in [6.45, 7) is 0.341. The molecule has 2 aromatic rings. The van der Waals surface area contributed by atoms with Gasteiger partial charge < -0.3 is 25.6 Å². The molecular weight excluding hydrogens is 382 g/mol. The molecule has 0 aliphatic carbocycles. The number of aliphatic hydroxyl groups is 1. The quantitative estimate of drug-likeness (QED) is 0.657. The number of aromatic nitrogens is 1. The molecule has 0 radical (unpaired) electrons. The number of primary amides is 1. The van der Waals surface area contributed by atoms with E-state index in [1.54, 1.807) is 40.9 Å². The standard InChI is InChI=1S/C19H21N3O5S/c20-18(25)17-15(24)4-1-5-16(17)27-10-12-11-28-8-7-22(12)19(26)13-3-2-6-21-14(13)9-23/h1-6,12,23-24H,7-11H2,(H2,20,25)/t12-/m1/s1. The second-order valence-electron chi connectivity index (χ2n) is 6.21. The minimum atomic E-state index is -0.790. The van der Waals surface area contributed by atoms with Crippen molar-refractivity contribution in [2.24, 2.45) is 5.73 Å². The third kappa shape index (κ3) is 4.20. The molecule has 4 N–H and O–H groups in total. The number of phenols is 1. The summed E-state index contributed by atoms with van der Waals surface area (Å²) in [5.41, 5.74) is 5.93. The second kappa shape index (κ2) is 8.94. The van der Waals surface area contributed by atoms with Crippen molar-refractivity contribution in [1.29, 1.82) is 0 Å². The van der Waals surface area contributed by atoms with Crippen LogP contribution in [0.4, 0.5) is 0 Å². The number of benzene rings is 1. The van der Waals surface area contributed by atoms with E-state index in [0.717, 1.165) is 5.75 Å². The Morgan fingerprint density at radius 3 is 2.89 bits per heavy atom. The molecule has 0 saturated carbocycles. The lowest BCUT2D eigenvalue weighted by atomic mass is 10.1. The molecule has 1 saturated heterocycles. The highest BCUT2D eigenvalue weighted by atomic mass is 32.2. The topological polar surface area (TPSA) is 126 Å². The fourth-order valence-electron chi connectivity index (χ4n) is 3.05. The smallest absolute Gasteiger partial charge is 0.256 e. The lowest BCUT2D eigenvalue weighted by Crippen LogP contribution is -2.49. The number of hydrogen-bond acceptors (Lipinski definition) is 7. The molecule has 1 aliphatic rings. The van der Waals surface area contributed by atoms with Crippen molar-refractivity contribution in [2.75, 3.05) is 24.7 Å². The monoisotopic (exact) mass is 403 g/mol. The van der Waals surface area contributed by atoms with Crippen LogP contribution in [-0.2, 0) is 6.61 Å². The number of carbonyl (C=O) groups is 2. The first-order chi connectivity index (χ1) is 13.5. The van der Waals surface area contributed by atoms with Gasteiger partial charge in [0.05, 0.1) is 23.9 Å². The maximum atomic E-state index is 13.0. The Morgan fingerprint density at radius 1 is 1.32 bits per heavy atom. The van der Waals surface area contributed by atoms with Gasteiger partial charge in [0.25, 0.3) is 11.8 Å². The van der Waals surface area contributed by atoms with Crippen LogP contribution in [0.1, 0.15) is 26.4 Å². The van der Waals surface area contributed by atoms with E-state index in [0.29, 0.717) is 23.6 Å². The Bertz CT molecular complexity index is 876. The van der Waals surface area contributed by atoms with Crippen LogP contribution >= 0.6 is 11.8 Å². The first-order valence-electron chi connectivity index (χ1n) is 8.71. The molecule has 2 heterocycles. The molecule has 1 fully saturated rings. The number of aromatic hydroxyl groups is 1. The summed E-state index contributed by atoms with van der Waals surface area (Å²) >= 11 is 1.70. The molecule has 1 aliphatic heterocycles. The number of thioether (sulfide) groups is 1. The SMILES string of the molecule is NC(=O)c1c(O)cccc1OC[C@@H]1CSCCN1C(=O)c1cccnc1CO. The fourth-order valence-corrected chi connectivity index (χ4v) is 4.09. The lowest BCUT2D eigenvalue weighted by molar-refractivity contribution is 0.0642. The molecule has 3 rings (SSSR count). The van der Waals surface area contributed by atoms with Gasteiger partial charge in [-0.15, -0.1) is 0 Å². The summed E-state index contributed by atoms with van der Waals surface area (Å²) < 4.78 is 5.76. The van der Waals surface area contributed by atoms with Gasteiger partial charge in [0, 0.05) is 24.2 Å². The van der Waals surface area contributed by atoms with Crippen LogP contribution in [0, 0.1) is 0 Å². The van der Waals surface area contributed by atoms with E-state index in [4.69, 9.17) is 10.5 Å². The van der Waals surface area contributed by atoms with Gasteiger partial charge in [-0.05, 0) is 24.3 Å². The van der Waals surface area contributed by atoms with Crippen LogP contribution in [0.5, 0.6) is 11.5 Å². The number of carbonyl (C=O) groups excluding carboxylic acids is 2. The van der Waals surface area contributed by atoms with Gasteiger partial charge in [0.2, 0.25) is 0 Å². The van der Waals surface area contributed by atoms with E-state index in [1.807, 2.05) is 0 Å². The predicted octanol–water partition coefficient (Wildman–Crippen LogP) is 1.01. The van der Waals surface area contributed by atoms with Gasteiger partial charge in [0.1, 0.15) is 23.7 Å². The first kappa shape index (κ1) is 20.0. The average Bonchev–Trinajstić information content (AvgIpc) is 2.71. The Balaban J connectivity index is 1.79. The van der Waals surface area contributed by atoms with Gasteiger partial charge in [-0.3, -0.25) is 14.6 Å². The summed E-state index contributed by atoms with van der Waals surface area (Å²) in [6, 6.07) is 7.51. The van der Waals surface area contributed by atoms with E-state index in [-0.39, 0.29) is 42.2 Å². The van der Waals surface area contributed by atoms with Gasteiger partial charge in [-0.25, -0.2) is 0 Å². The Morgan fingerprint density at radius 2 is 2.14 bits per heavy atom. The van der Waals surface area contributed by atoms with E-state index in [9.17, 15) is 19.8 Å². The van der Waals surface area contributed by atoms with Crippen molar-refractivity contribution in [3.63, 3.8) is 0 Å². The summed E-state index contributed by atoms with van der Waals surface area (Å²) in [4.78, 5) is 30.4. The molecule has 1 atom stereocenters. The zero-order chi connectivity index (χ0) is 20.1. The summed E-state index contributed by atoms with van der Waals surface area (Å²) in [5, 5.41) is 19.3. The van der Waals surface area contributed by atoms with E-state index < -0.39 is 5.91 Å². The molecule has 148 valence electrons. The van der Waals surface area contributed by atoms with Crippen molar-refractivity contribution in [3.8, 4) is 11.5 Å². The van der Waals surface area contributed by atoms with Crippen LogP contribution in [0.25, 0.3) is 0 Å². The Hall–Kier alpha value is -2.78. The first-order valence-corrected chi connectivity index (χ1v) is 9.86. The van der Waals surface area contributed by atoms with Crippen LogP contribution in [-0.4, -0.2) is 62.6 Å². The third-order valence-corrected chi connectivity index (χ3v) is 5.53. The Labute approximate surface area is 166 Å². The Kier molecular flexibility index (Phi) is 6.37. The number of aliphatic hydroxyl groups excluding tert-OH is 1. The highest BCUT2D eigenvalue weighted by molar-refractivity contribution is 7.99. The van der Waals surface area contributed by atoms with Crippen LogP contribution < -0.4 is 10.5 Å². The number of rotatable bonds is 6. The molecule has 1 aromatic heterocycles. The third-order valence-electron chi connectivity index (χ3n) is 4.44. The number of ether oxygens (including phenoxy) is 1. The minimum absolute atomic E-state index is 0.0846. The number of nitrogens with zero attached hydrogens (tertiary/aromatic N) is 2. The zero-order valence-corrected chi connectivity index (χ0v) is 15.9. The van der Waals surface area contributed by atoms with Crippen molar-refractivity contribution >= 4 is 23.6 Å². The molecule has 8 nitrogen and oxygen atoms in total.